The highest BCUT2D eigenvalue weighted by Crippen LogP contribution is 2.17. The molecule has 0 aromatic carbocycles. The van der Waals surface area contributed by atoms with Gasteiger partial charge in [0.1, 0.15) is 5.82 Å². The van der Waals surface area contributed by atoms with Crippen molar-refractivity contribution in [3.63, 3.8) is 0 Å². The van der Waals surface area contributed by atoms with E-state index in [9.17, 15) is 0 Å². The van der Waals surface area contributed by atoms with E-state index in [4.69, 9.17) is 0 Å². The average Bonchev–Trinajstić information content (AvgIpc) is 2.29. The van der Waals surface area contributed by atoms with Gasteiger partial charge >= 0.3 is 0 Å². The van der Waals surface area contributed by atoms with Crippen LogP contribution < -0.4 is 10.2 Å². The zero-order valence-electron chi connectivity index (χ0n) is 9.94. The van der Waals surface area contributed by atoms with Crippen molar-refractivity contribution in [2.24, 2.45) is 0 Å². The molecule has 1 saturated heterocycles. The Hall–Kier alpha value is -0.800. The van der Waals surface area contributed by atoms with Gasteiger partial charge in [-0.05, 0) is 44.0 Å². The van der Waals surface area contributed by atoms with Gasteiger partial charge in [-0.1, -0.05) is 0 Å². The lowest BCUT2D eigenvalue weighted by Gasteiger charge is -2.32. The minimum Gasteiger partial charge on any atom is -0.355 e. The predicted octanol–water partition coefficient (Wildman–Crippen LogP) is 2.00. The van der Waals surface area contributed by atoms with Crippen molar-refractivity contribution in [3.8, 4) is 0 Å². The molecule has 0 unspecified atom stereocenters. The molecule has 1 aromatic rings. The highest BCUT2D eigenvalue weighted by atomic mass is 35.5. The Morgan fingerprint density at radius 3 is 2.94 bits per heavy atom. The van der Waals surface area contributed by atoms with Crippen LogP contribution in [0.1, 0.15) is 18.4 Å². The van der Waals surface area contributed by atoms with Crippen LogP contribution in [0.2, 0.25) is 0 Å². The Morgan fingerprint density at radius 2 is 2.31 bits per heavy atom. The molecular formula is C12H20ClN3. The van der Waals surface area contributed by atoms with Crippen molar-refractivity contribution >= 4 is 18.2 Å². The van der Waals surface area contributed by atoms with E-state index in [1.54, 1.807) is 0 Å². The summed E-state index contributed by atoms with van der Waals surface area (Å²) in [6, 6.07) is 4.78. The van der Waals surface area contributed by atoms with Gasteiger partial charge in [0.15, 0.2) is 0 Å². The molecule has 1 aliphatic heterocycles. The minimum absolute atomic E-state index is 0. The zero-order valence-corrected chi connectivity index (χ0v) is 10.8. The van der Waals surface area contributed by atoms with Gasteiger partial charge in [-0.3, -0.25) is 0 Å². The fourth-order valence-electron chi connectivity index (χ4n) is 2.06. The second kappa shape index (κ2) is 6.06. The maximum atomic E-state index is 4.41. The van der Waals surface area contributed by atoms with E-state index in [0.717, 1.165) is 18.9 Å². The molecule has 1 atom stereocenters. The summed E-state index contributed by atoms with van der Waals surface area (Å²) in [5.74, 6) is 1.09. The first-order chi connectivity index (χ1) is 7.27. The van der Waals surface area contributed by atoms with E-state index in [2.05, 4.69) is 35.2 Å². The molecule has 0 saturated carbocycles. The molecule has 0 bridgehead atoms. The Labute approximate surface area is 104 Å². The summed E-state index contributed by atoms with van der Waals surface area (Å²) in [6.45, 7) is 4.34. The highest BCUT2D eigenvalue weighted by molar-refractivity contribution is 5.85. The Balaban J connectivity index is 0.00000128. The first kappa shape index (κ1) is 13.3. The standard InChI is InChI=1S/C12H19N3.ClH/c1-10-5-7-14-12(8-10)15(2)11-4-3-6-13-9-11;/h5,7-8,11,13H,3-4,6,9H2,1-2H3;1H/t11-;/m0./s1. The topological polar surface area (TPSA) is 28.2 Å². The molecule has 0 radical (unpaired) electrons. The van der Waals surface area contributed by atoms with Gasteiger partial charge in [-0.15, -0.1) is 12.4 Å². The second-order valence-electron chi connectivity index (χ2n) is 4.30. The van der Waals surface area contributed by atoms with Crippen LogP contribution in [0, 0.1) is 6.92 Å². The monoisotopic (exact) mass is 241 g/mol. The molecule has 2 rings (SSSR count). The largest absolute Gasteiger partial charge is 0.355 e. The third-order valence-corrected chi connectivity index (χ3v) is 3.08. The Bertz CT molecular complexity index is 324. The lowest BCUT2D eigenvalue weighted by atomic mass is 10.1. The molecule has 0 spiro atoms. The number of halogens is 1. The molecule has 1 aromatic heterocycles. The zero-order chi connectivity index (χ0) is 10.7. The molecule has 1 fully saturated rings. The van der Waals surface area contributed by atoms with E-state index >= 15 is 0 Å². The van der Waals surface area contributed by atoms with Crippen LogP contribution in [0.5, 0.6) is 0 Å². The fourth-order valence-corrected chi connectivity index (χ4v) is 2.06. The van der Waals surface area contributed by atoms with Gasteiger partial charge in [0.25, 0.3) is 0 Å². The van der Waals surface area contributed by atoms with Crippen LogP contribution in [0.3, 0.4) is 0 Å². The molecule has 1 aliphatic rings. The first-order valence-electron chi connectivity index (χ1n) is 5.63. The van der Waals surface area contributed by atoms with Crippen LogP contribution in [0.15, 0.2) is 18.3 Å². The fraction of sp³-hybridized carbons (Fsp3) is 0.583. The van der Waals surface area contributed by atoms with Crippen molar-refractivity contribution in [1.29, 1.82) is 0 Å². The van der Waals surface area contributed by atoms with Gasteiger partial charge in [0.2, 0.25) is 0 Å². The lowest BCUT2D eigenvalue weighted by molar-refractivity contribution is 0.443. The number of piperidine rings is 1. The molecule has 0 amide bonds. The molecule has 1 N–H and O–H groups in total. The maximum Gasteiger partial charge on any atom is 0.128 e. The number of nitrogens with zero attached hydrogens (tertiary/aromatic N) is 2. The van der Waals surface area contributed by atoms with Crippen LogP contribution >= 0.6 is 12.4 Å². The number of hydrogen-bond acceptors (Lipinski definition) is 3. The van der Waals surface area contributed by atoms with Crippen molar-refractivity contribution < 1.29 is 0 Å². The second-order valence-corrected chi connectivity index (χ2v) is 4.30. The summed E-state index contributed by atoms with van der Waals surface area (Å²) in [5, 5.41) is 3.43. The van der Waals surface area contributed by atoms with Crippen molar-refractivity contribution in [3.05, 3.63) is 23.9 Å². The smallest absolute Gasteiger partial charge is 0.128 e. The number of aromatic nitrogens is 1. The van der Waals surface area contributed by atoms with Crippen LogP contribution in [0.4, 0.5) is 5.82 Å². The number of anilines is 1. The average molecular weight is 242 g/mol. The molecule has 4 heteroatoms. The number of hydrogen-bond donors (Lipinski definition) is 1. The van der Waals surface area contributed by atoms with Crippen molar-refractivity contribution in [2.45, 2.75) is 25.8 Å². The minimum atomic E-state index is 0. The Morgan fingerprint density at radius 1 is 1.50 bits per heavy atom. The van der Waals surface area contributed by atoms with Crippen LogP contribution in [-0.4, -0.2) is 31.2 Å². The third kappa shape index (κ3) is 3.09. The molecule has 0 aliphatic carbocycles. The van der Waals surface area contributed by atoms with Crippen LogP contribution in [0.25, 0.3) is 0 Å². The van der Waals surface area contributed by atoms with Gasteiger partial charge in [0, 0.05) is 25.8 Å². The van der Waals surface area contributed by atoms with E-state index in [-0.39, 0.29) is 12.4 Å². The predicted molar refractivity (Wildman–Crippen MR) is 70.5 cm³/mol. The summed E-state index contributed by atoms with van der Waals surface area (Å²) >= 11 is 0. The van der Waals surface area contributed by atoms with E-state index in [1.807, 2.05) is 12.3 Å². The lowest BCUT2D eigenvalue weighted by Crippen LogP contribution is -2.44. The van der Waals surface area contributed by atoms with E-state index in [1.165, 1.54) is 18.4 Å². The van der Waals surface area contributed by atoms with E-state index in [0.29, 0.717) is 6.04 Å². The number of aryl methyl sites for hydroxylation is 1. The summed E-state index contributed by atoms with van der Waals surface area (Å²) in [7, 11) is 2.14. The quantitative estimate of drug-likeness (QED) is 0.859. The van der Waals surface area contributed by atoms with Crippen LogP contribution in [-0.2, 0) is 0 Å². The summed E-state index contributed by atoms with van der Waals surface area (Å²) < 4.78 is 0. The summed E-state index contributed by atoms with van der Waals surface area (Å²) in [4.78, 5) is 6.70. The third-order valence-electron chi connectivity index (χ3n) is 3.08. The number of nitrogens with one attached hydrogen (secondary N) is 1. The molecule has 2 heterocycles. The van der Waals surface area contributed by atoms with Gasteiger partial charge in [-0.2, -0.15) is 0 Å². The maximum absolute atomic E-state index is 4.41. The normalized spacial score (nSPS) is 20.0. The number of likely N-dealkylation sites (N-methyl/N-ethyl adjacent to an activating group) is 1. The van der Waals surface area contributed by atoms with Gasteiger partial charge in [-0.25, -0.2) is 4.98 Å². The van der Waals surface area contributed by atoms with E-state index < -0.39 is 0 Å². The van der Waals surface area contributed by atoms with Gasteiger partial charge in [0.05, 0.1) is 0 Å². The van der Waals surface area contributed by atoms with Gasteiger partial charge < -0.3 is 10.2 Å². The summed E-state index contributed by atoms with van der Waals surface area (Å²) in [6.07, 6.45) is 4.41. The van der Waals surface area contributed by atoms with Crippen molar-refractivity contribution in [1.82, 2.24) is 10.3 Å². The SMILES string of the molecule is Cc1ccnc(N(C)[C@H]2CCCNC2)c1.Cl. The highest BCUT2D eigenvalue weighted by Gasteiger charge is 2.18. The Kier molecular flexibility index (Phi) is 5.03. The number of pyridine rings is 1. The molecular weight excluding hydrogens is 222 g/mol. The molecule has 16 heavy (non-hydrogen) atoms. The number of rotatable bonds is 2. The van der Waals surface area contributed by atoms with Crippen molar-refractivity contribution in [2.75, 3.05) is 25.0 Å². The molecule has 3 nitrogen and oxygen atoms in total. The summed E-state index contributed by atoms with van der Waals surface area (Å²) in [5.41, 5.74) is 1.27. The first-order valence-corrected chi connectivity index (χ1v) is 5.63. The molecule has 90 valence electrons.